The van der Waals surface area contributed by atoms with E-state index in [4.69, 9.17) is 9.47 Å². The number of ether oxygens (including phenoxy) is 2. The molecule has 0 radical (unpaired) electrons. The zero-order valence-electron chi connectivity index (χ0n) is 25.0. The van der Waals surface area contributed by atoms with Crippen molar-refractivity contribution in [3.05, 3.63) is 64.7 Å². The Morgan fingerprint density at radius 1 is 0.900 bits per heavy atom. The second-order valence-corrected chi connectivity index (χ2v) is 12.0. The molecule has 0 bridgehead atoms. The van der Waals surface area contributed by atoms with Gasteiger partial charge in [-0.2, -0.15) is 0 Å². The molecule has 0 saturated carbocycles. The van der Waals surface area contributed by atoms with Crippen molar-refractivity contribution < 1.29 is 14.3 Å². The molecule has 1 amide bonds. The largest absolute Gasteiger partial charge is 0.497 e. The number of carbonyl (C=O) groups excluding carboxylic acids is 1. The number of benzene rings is 2. The van der Waals surface area contributed by atoms with Gasteiger partial charge in [0, 0.05) is 30.1 Å². The van der Waals surface area contributed by atoms with Gasteiger partial charge in [-0.05, 0) is 35.9 Å². The third-order valence-electron chi connectivity index (χ3n) is 7.37. The summed E-state index contributed by atoms with van der Waals surface area (Å²) in [6.45, 7) is 5.83. The highest BCUT2D eigenvalue weighted by Gasteiger charge is 2.15. The number of methoxy groups -OCH3 is 1. The van der Waals surface area contributed by atoms with Gasteiger partial charge in [-0.25, -0.2) is 0 Å². The molecule has 220 valence electrons. The van der Waals surface area contributed by atoms with Crippen LogP contribution in [0.5, 0.6) is 11.5 Å². The molecule has 0 saturated heterocycles. The normalized spacial score (nSPS) is 12.9. The number of amides is 1. The number of rotatable bonds is 20. The fraction of sp³-hybridized carbons (Fsp3) is 0.559. The first-order valence-corrected chi connectivity index (χ1v) is 16.3. The summed E-state index contributed by atoms with van der Waals surface area (Å²) in [5.41, 5.74) is 2.85. The Morgan fingerprint density at radius 2 is 1.57 bits per heavy atom. The smallest absolute Gasteiger partial charge is 0.228 e. The number of nitrogens with one attached hydrogen (secondary N) is 1. The Labute approximate surface area is 247 Å². The monoisotopic (exact) mass is 566 g/mol. The van der Waals surface area contributed by atoms with Crippen LogP contribution in [0.2, 0.25) is 0 Å². The van der Waals surface area contributed by atoms with Crippen molar-refractivity contribution in [3.63, 3.8) is 0 Å². The van der Waals surface area contributed by atoms with Gasteiger partial charge in [-0.15, -0.1) is 11.8 Å². The molecule has 0 fully saturated rings. The van der Waals surface area contributed by atoms with Crippen LogP contribution in [0, 0.1) is 0 Å². The number of thioether (sulfide) groups is 1. The van der Waals surface area contributed by atoms with E-state index in [1.165, 1.54) is 75.5 Å². The van der Waals surface area contributed by atoms with Gasteiger partial charge in [-0.3, -0.25) is 4.79 Å². The van der Waals surface area contributed by atoms with Gasteiger partial charge < -0.3 is 19.7 Å². The molecule has 40 heavy (non-hydrogen) atoms. The lowest BCUT2D eigenvalue weighted by Gasteiger charge is -2.18. The SMILES string of the molecule is CCCCCCCCCCCCCCOc1cc(OC)ccc1CC(=O)Nc1ccccc1CN1C=C(C)SC1. The fourth-order valence-electron chi connectivity index (χ4n) is 5.04. The summed E-state index contributed by atoms with van der Waals surface area (Å²) >= 11 is 1.84. The first kappa shape index (κ1) is 31.9. The number of hydrogen-bond acceptors (Lipinski definition) is 5. The number of anilines is 1. The summed E-state index contributed by atoms with van der Waals surface area (Å²) in [6.07, 6.45) is 18.2. The van der Waals surface area contributed by atoms with Crippen LogP contribution in [0.25, 0.3) is 0 Å². The molecular weight excluding hydrogens is 516 g/mol. The van der Waals surface area contributed by atoms with Crippen LogP contribution in [0.1, 0.15) is 102 Å². The lowest BCUT2D eigenvalue weighted by molar-refractivity contribution is -0.115. The zero-order valence-corrected chi connectivity index (χ0v) is 25.8. The molecule has 0 spiro atoms. The van der Waals surface area contributed by atoms with Gasteiger partial charge in [0.15, 0.2) is 0 Å². The number of para-hydroxylation sites is 1. The summed E-state index contributed by atoms with van der Waals surface area (Å²) in [6, 6.07) is 13.8. The number of hydrogen-bond donors (Lipinski definition) is 1. The van der Waals surface area contributed by atoms with E-state index in [2.05, 4.69) is 36.3 Å². The minimum Gasteiger partial charge on any atom is -0.497 e. The quantitative estimate of drug-likeness (QED) is 0.162. The number of nitrogens with zero attached hydrogens (tertiary/aromatic N) is 1. The van der Waals surface area contributed by atoms with E-state index in [-0.39, 0.29) is 12.3 Å². The Bertz CT molecular complexity index is 1060. The summed E-state index contributed by atoms with van der Waals surface area (Å²) in [5, 5.41) is 3.14. The highest BCUT2D eigenvalue weighted by atomic mass is 32.2. The number of allylic oxidation sites excluding steroid dienone is 1. The molecule has 0 aliphatic carbocycles. The molecule has 1 N–H and O–H groups in total. The summed E-state index contributed by atoms with van der Waals surface area (Å²) in [7, 11) is 1.66. The summed E-state index contributed by atoms with van der Waals surface area (Å²) < 4.78 is 11.6. The van der Waals surface area contributed by atoms with Crippen LogP contribution in [0.15, 0.2) is 53.6 Å². The molecule has 2 aromatic rings. The van der Waals surface area contributed by atoms with Crippen LogP contribution in [-0.4, -0.2) is 30.4 Å². The van der Waals surface area contributed by atoms with E-state index in [9.17, 15) is 4.79 Å². The minimum absolute atomic E-state index is 0.0460. The van der Waals surface area contributed by atoms with Crippen molar-refractivity contribution >= 4 is 23.4 Å². The predicted octanol–water partition coefficient (Wildman–Crippen LogP) is 9.32. The summed E-state index contributed by atoms with van der Waals surface area (Å²) in [5.74, 6) is 2.38. The van der Waals surface area contributed by atoms with Crippen LogP contribution in [0.4, 0.5) is 5.69 Å². The zero-order chi connectivity index (χ0) is 28.4. The van der Waals surface area contributed by atoms with Gasteiger partial charge >= 0.3 is 0 Å². The molecule has 0 unspecified atom stereocenters. The van der Waals surface area contributed by atoms with E-state index >= 15 is 0 Å². The van der Waals surface area contributed by atoms with Gasteiger partial charge in [0.2, 0.25) is 5.91 Å². The maximum Gasteiger partial charge on any atom is 0.228 e. The second kappa shape index (κ2) is 18.7. The predicted molar refractivity (Wildman–Crippen MR) is 170 cm³/mol. The topological polar surface area (TPSA) is 50.8 Å². The molecule has 1 aliphatic heterocycles. The first-order valence-electron chi connectivity index (χ1n) is 15.3. The summed E-state index contributed by atoms with van der Waals surface area (Å²) in [4.78, 5) is 16.7. The van der Waals surface area contributed by atoms with Crippen molar-refractivity contribution in [1.29, 1.82) is 0 Å². The Kier molecular flexibility index (Phi) is 14.9. The van der Waals surface area contributed by atoms with Crippen LogP contribution in [0.3, 0.4) is 0 Å². The standard InChI is InChI=1S/C34H50N2O3S/c1-4-5-6-7-8-9-10-11-12-13-14-17-22-39-33-24-31(38-3)21-20-29(33)23-34(37)35-32-19-16-15-18-30(32)26-36-25-28(2)40-27-36/h15-16,18-21,24-25H,4-14,17,22-23,26-27H2,1-3H3,(H,35,37). The Hall–Kier alpha value is -2.60. The number of unbranched alkanes of at least 4 members (excludes halogenated alkanes) is 11. The highest BCUT2D eigenvalue weighted by molar-refractivity contribution is 8.03. The van der Waals surface area contributed by atoms with Crippen molar-refractivity contribution in [2.45, 2.75) is 104 Å². The van der Waals surface area contributed by atoms with Crippen molar-refractivity contribution in [2.75, 3.05) is 24.9 Å². The molecular formula is C34H50N2O3S. The average Bonchev–Trinajstić information content (AvgIpc) is 3.37. The van der Waals surface area contributed by atoms with E-state index in [0.717, 1.165) is 47.2 Å². The maximum absolute atomic E-state index is 13.1. The van der Waals surface area contributed by atoms with Crippen molar-refractivity contribution in [3.8, 4) is 11.5 Å². The Balaban J connectivity index is 1.41. The van der Waals surface area contributed by atoms with Crippen molar-refractivity contribution in [2.24, 2.45) is 0 Å². The van der Waals surface area contributed by atoms with Gasteiger partial charge in [-0.1, -0.05) is 102 Å². The second-order valence-electron chi connectivity index (χ2n) is 10.9. The third kappa shape index (κ3) is 11.9. The molecule has 0 atom stereocenters. The van der Waals surface area contributed by atoms with Crippen molar-refractivity contribution in [1.82, 2.24) is 4.90 Å². The molecule has 0 aromatic heterocycles. The number of carbonyl (C=O) groups is 1. The molecule has 5 nitrogen and oxygen atoms in total. The minimum atomic E-state index is -0.0460. The van der Waals surface area contributed by atoms with E-state index in [1.54, 1.807) is 7.11 Å². The molecule has 2 aromatic carbocycles. The molecule has 3 rings (SSSR count). The van der Waals surface area contributed by atoms with Gasteiger partial charge in [0.05, 0.1) is 26.0 Å². The van der Waals surface area contributed by atoms with Gasteiger partial charge in [0.25, 0.3) is 0 Å². The maximum atomic E-state index is 13.1. The first-order chi connectivity index (χ1) is 19.6. The van der Waals surface area contributed by atoms with Crippen LogP contribution >= 0.6 is 11.8 Å². The molecule has 1 heterocycles. The van der Waals surface area contributed by atoms with Gasteiger partial charge in [0.1, 0.15) is 11.5 Å². The lowest BCUT2D eigenvalue weighted by Crippen LogP contribution is -2.19. The van der Waals surface area contributed by atoms with E-state index < -0.39 is 0 Å². The molecule has 1 aliphatic rings. The van der Waals surface area contributed by atoms with E-state index in [1.807, 2.05) is 48.2 Å². The fourth-order valence-corrected chi connectivity index (χ4v) is 5.80. The van der Waals surface area contributed by atoms with Crippen LogP contribution in [-0.2, 0) is 17.8 Å². The highest BCUT2D eigenvalue weighted by Crippen LogP contribution is 2.29. The average molecular weight is 567 g/mol. The van der Waals surface area contributed by atoms with E-state index in [0.29, 0.717) is 6.61 Å². The van der Waals surface area contributed by atoms with Crippen LogP contribution < -0.4 is 14.8 Å². The third-order valence-corrected chi connectivity index (χ3v) is 8.39. The Morgan fingerprint density at radius 3 is 2.23 bits per heavy atom. The molecule has 6 heteroatoms. The lowest BCUT2D eigenvalue weighted by atomic mass is 10.1.